The molecule has 3 rings (SSSR count). The number of anilines is 2. The summed E-state index contributed by atoms with van der Waals surface area (Å²) in [5.41, 5.74) is -0.0623. The van der Waals surface area contributed by atoms with E-state index in [1.165, 1.54) is 12.1 Å². The average molecular weight is 477 g/mol. The standard InChI is InChI=1S/C13H15N5O.2C2H4N.ClH.Ru/c1-15-3-5-17(9-15)12-7-11(19)8-13(14-12)18-6-4-16(2)10-18;2*1-2-3;;/h3-10H,1-2H3,(H,14,19);2*2H,1H3;1H;/q-2;2*-1;;+1/p-2. The van der Waals surface area contributed by atoms with Gasteiger partial charge in [0.25, 0.3) is 0 Å². The molecule has 0 fully saturated rings. The summed E-state index contributed by atoms with van der Waals surface area (Å²) in [6, 6.07) is 3.04. The van der Waals surface area contributed by atoms with Gasteiger partial charge in [-0.15, -0.1) is 0 Å². The molecule has 10 heteroatoms. The summed E-state index contributed by atoms with van der Waals surface area (Å²) >= 11 is 1.82. The molecule has 1 aromatic heterocycles. The van der Waals surface area contributed by atoms with Crippen molar-refractivity contribution >= 4 is 33.8 Å². The van der Waals surface area contributed by atoms with Crippen molar-refractivity contribution in [1.82, 2.24) is 14.8 Å². The van der Waals surface area contributed by atoms with Gasteiger partial charge in [0.1, 0.15) is 0 Å². The molecule has 0 aromatic carbocycles. The maximum absolute atomic E-state index is 11.8. The van der Waals surface area contributed by atoms with Crippen LogP contribution in [0.5, 0.6) is 0 Å². The number of aromatic nitrogens is 1. The molecule has 0 N–H and O–H groups in total. The summed E-state index contributed by atoms with van der Waals surface area (Å²) in [6.45, 7) is 6.84. The molecule has 2 aliphatic rings. The summed E-state index contributed by atoms with van der Waals surface area (Å²) in [6.07, 6.45) is 9.52. The fraction of sp³-hybridized carbons (Fsp3) is 0.235. The third kappa shape index (κ3) is 8.88. The second-order valence-electron chi connectivity index (χ2n) is 5.01. The van der Waals surface area contributed by atoms with Crippen LogP contribution in [0, 0.1) is 13.3 Å². The minimum atomic E-state index is -0.0623. The van der Waals surface area contributed by atoms with Gasteiger partial charge in [-0.05, 0) is 50.3 Å². The Labute approximate surface area is 174 Å². The third-order valence-electron chi connectivity index (χ3n) is 2.84. The Kier molecular flexibility index (Phi) is 12.9. The molecule has 2 aliphatic heterocycles. The number of nitrogens with zero attached hydrogens (tertiary/aromatic N) is 7. The zero-order valence-corrected chi connectivity index (χ0v) is 18.0. The van der Waals surface area contributed by atoms with E-state index in [9.17, 15) is 4.79 Å². The fourth-order valence-corrected chi connectivity index (χ4v) is 1.91. The Hall–Kier alpha value is -2.12. The summed E-state index contributed by atoms with van der Waals surface area (Å²) in [7, 11) is 8.41. The van der Waals surface area contributed by atoms with Gasteiger partial charge in [-0.2, -0.15) is 0 Å². The maximum atomic E-state index is 11.8. The van der Waals surface area contributed by atoms with E-state index in [-0.39, 0.29) is 5.43 Å². The molecule has 0 amide bonds. The molecule has 1 aromatic rings. The summed E-state index contributed by atoms with van der Waals surface area (Å²) in [5, 5.41) is 14.9. The Bertz CT molecular complexity index is 639. The van der Waals surface area contributed by atoms with Crippen LogP contribution in [0.15, 0.2) is 41.7 Å². The summed E-state index contributed by atoms with van der Waals surface area (Å²) in [4.78, 5) is 23.7. The van der Waals surface area contributed by atoms with Crippen LogP contribution in [0.1, 0.15) is 13.8 Å². The Morgan fingerprint density at radius 3 is 1.52 bits per heavy atom. The molecule has 0 bridgehead atoms. The van der Waals surface area contributed by atoms with Crippen molar-refractivity contribution in [2.45, 2.75) is 13.8 Å². The van der Waals surface area contributed by atoms with Crippen molar-refractivity contribution in [2.75, 3.05) is 23.9 Å². The number of pyridine rings is 1. The van der Waals surface area contributed by atoms with Crippen molar-refractivity contribution < 1.29 is 17.3 Å². The molecule has 151 valence electrons. The van der Waals surface area contributed by atoms with E-state index in [4.69, 9.17) is 10.8 Å². The molecule has 0 radical (unpaired) electrons. The first-order chi connectivity index (χ1) is 12.9. The van der Waals surface area contributed by atoms with Crippen LogP contribution in [-0.4, -0.2) is 36.3 Å². The topological polar surface area (TPSA) is 88.7 Å². The van der Waals surface area contributed by atoms with Crippen LogP contribution in [-0.2, 0) is 17.3 Å². The van der Waals surface area contributed by atoms with Gasteiger partial charge >= 0.3 is 27.0 Å². The van der Waals surface area contributed by atoms with E-state index in [0.29, 0.717) is 11.6 Å². The molecule has 0 saturated carbocycles. The van der Waals surface area contributed by atoms with E-state index < -0.39 is 0 Å². The van der Waals surface area contributed by atoms with Gasteiger partial charge in [0.2, 0.25) is 0 Å². The summed E-state index contributed by atoms with van der Waals surface area (Å²) < 4.78 is 0. The average Bonchev–Trinajstić information content (AvgIpc) is 3.26. The molecule has 27 heavy (non-hydrogen) atoms. The molecule has 8 nitrogen and oxygen atoms in total. The Morgan fingerprint density at radius 2 is 1.26 bits per heavy atom. The van der Waals surface area contributed by atoms with Crippen LogP contribution in [0.25, 0.3) is 10.8 Å². The second kappa shape index (κ2) is 14.0. The molecule has 0 spiro atoms. The van der Waals surface area contributed by atoms with E-state index in [2.05, 4.69) is 14.7 Å². The van der Waals surface area contributed by atoms with Crippen molar-refractivity contribution in [3.63, 3.8) is 0 Å². The number of halogens is 1. The third-order valence-corrected chi connectivity index (χ3v) is 2.84. The van der Waals surface area contributed by atoms with Gasteiger partial charge < -0.3 is 35.4 Å². The zero-order chi connectivity index (χ0) is 20.8. The predicted molar refractivity (Wildman–Crippen MR) is 109 cm³/mol. The number of rotatable bonds is 2. The molecule has 0 atom stereocenters. The first kappa shape index (κ1) is 24.9. The van der Waals surface area contributed by atoms with E-state index in [1.54, 1.807) is 13.8 Å². The van der Waals surface area contributed by atoms with Crippen molar-refractivity contribution in [2.24, 2.45) is 0 Å². The predicted octanol–water partition coefficient (Wildman–Crippen LogP) is 2.67. The SMILES string of the molecule is CC=[N-].CC=[N-].CN1C=CN(c2cc(=O)cc(N3C=CN(C)[CH-]3)[n-]2)[CH-]1.[Cl][Ru]. The van der Waals surface area contributed by atoms with Crippen LogP contribution in [0.4, 0.5) is 11.6 Å². The van der Waals surface area contributed by atoms with Crippen molar-refractivity contribution in [3.8, 4) is 0 Å². The monoisotopic (exact) mass is 477 g/mol. The van der Waals surface area contributed by atoms with Gasteiger partial charge in [0.15, 0.2) is 5.43 Å². The first-order valence-corrected chi connectivity index (χ1v) is 9.92. The quantitative estimate of drug-likeness (QED) is 0.370. The number of hydrogen-bond acceptors (Lipinski definition) is 5. The zero-order valence-electron chi connectivity index (χ0n) is 15.5. The summed E-state index contributed by atoms with van der Waals surface area (Å²) in [5.74, 6) is 1.22. The van der Waals surface area contributed by atoms with Crippen LogP contribution < -0.4 is 20.2 Å². The number of hydrogen-bond donors (Lipinski definition) is 0. The first-order valence-electron chi connectivity index (χ1n) is 7.68. The molecular formula is C17H22ClN7ORu-5. The van der Waals surface area contributed by atoms with Crippen molar-refractivity contribution in [1.29, 1.82) is 0 Å². The normalized spacial score (nSPS) is 13.9. The van der Waals surface area contributed by atoms with Gasteiger partial charge in [-0.25, -0.2) is 25.8 Å². The van der Waals surface area contributed by atoms with E-state index in [1.807, 2.05) is 89.1 Å². The Morgan fingerprint density at radius 1 is 0.926 bits per heavy atom. The molecule has 0 unspecified atom stereocenters. The van der Waals surface area contributed by atoms with Crippen LogP contribution in [0.2, 0.25) is 0 Å². The second-order valence-corrected chi connectivity index (χ2v) is 5.01. The fourth-order valence-electron chi connectivity index (χ4n) is 1.91. The van der Waals surface area contributed by atoms with Gasteiger partial charge in [0.05, 0.1) is 0 Å². The Balaban J connectivity index is 0.000000736. The van der Waals surface area contributed by atoms with Crippen molar-refractivity contribution in [3.05, 3.63) is 71.3 Å². The molecule has 0 aliphatic carbocycles. The van der Waals surface area contributed by atoms with Crippen LogP contribution >= 0.6 is 9.69 Å². The van der Waals surface area contributed by atoms with Gasteiger partial charge in [-0.3, -0.25) is 4.79 Å². The molecule has 3 heterocycles. The minimum absolute atomic E-state index is 0.0623. The van der Waals surface area contributed by atoms with E-state index in [0.717, 1.165) is 12.4 Å². The van der Waals surface area contributed by atoms with E-state index >= 15 is 0 Å². The molecule has 0 saturated heterocycles. The van der Waals surface area contributed by atoms with Crippen LogP contribution in [0.3, 0.4) is 0 Å². The van der Waals surface area contributed by atoms with Gasteiger partial charge in [0, 0.05) is 0 Å². The van der Waals surface area contributed by atoms with Gasteiger partial charge in [-0.1, -0.05) is 26.2 Å². The molecular weight excluding hydrogens is 455 g/mol.